The second kappa shape index (κ2) is 6.27. The molecule has 4 fully saturated rings. The number of hydrogen-bond acceptors (Lipinski definition) is 6. The molecule has 146 valence electrons. The third-order valence-electron chi connectivity index (χ3n) is 6.92. The van der Waals surface area contributed by atoms with Crippen molar-refractivity contribution in [2.75, 3.05) is 52.6 Å². The van der Waals surface area contributed by atoms with E-state index in [-0.39, 0.29) is 34.4 Å². The second-order valence-corrected chi connectivity index (χ2v) is 8.55. The molecule has 0 radical (unpaired) electrons. The first kappa shape index (κ1) is 17.1. The molecule has 9 nitrogen and oxygen atoms in total. The predicted molar refractivity (Wildman–Crippen MR) is 92.7 cm³/mol. The molecule has 2 spiro atoms. The minimum absolute atomic E-state index is 0.154. The molecule has 4 saturated heterocycles. The SMILES string of the molecule is O=C(c1ncn[nH]1)N1CC2(CCOC[C@H]2C(=O)N2CC[C@@]3(CCOC3)C2)C1. The van der Waals surface area contributed by atoms with Gasteiger partial charge in [0.2, 0.25) is 11.7 Å². The summed E-state index contributed by atoms with van der Waals surface area (Å²) in [6.45, 7) is 5.41. The first-order valence-electron chi connectivity index (χ1n) is 9.70. The minimum Gasteiger partial charge on any atom is -0.381 e. The second-order valence-electron chi connectivity index (χ2n) is 8.55. The van der Waals surface area contributed by atoms with E-state index in [2.05, 4.69) is 15.2 Å². The van der Waals surface area contributed by atoms with E-state index in [1.54, 1.807) is 4.90 Å². The van der Waals surface area contributed by atoms with E-state index in [4.69, 9.17) is 9.47 Å². The van der Waals surface area contributed by atoms with Gasteiger partial charge in [-0.2, -0.15) is 5.10 Å². The number of nitrogens with zero attached hydrogens (tertiary/aromatic N) is 4. The van der Waals surface area contributed by atoms with Gasteiger partial charge in [0.15, 0.2) is 0 Å². The third-order valence-corrected chi connectivity index (χ3v) is 6.92. The van der Waals surface area contributed by atoms with Crippen LogP contribution in [0.4, 0.5) is 0 Å². The summed E-state index contributed by atoms with van der Waals surface area (Å²) in [4.78, 5) is 33.5. The average molecular weight is 375 g/mol. The normalized spacial score (nSPS) is 32.2. The van der Waals surface area contributed by atoms with Gasteiger partial charge in [-0.3, -0.25) is 14.7 Å². The standard InChI is InChI=1S/C18H25N5O4/c24-15(22-4-1-17(8-22)2-5-27-11-17)13-7-26-6-3-18(13)9-23(10-18)16(25)14-19-12-20-21-14/h12-13H,1-11H2,(H,19,20,21)/t13-,17+/m0/s1. The fraction of sp³-hybridized carbons (Fsp3) is 0.778. The Morgan fingerprint density at radius 3 is 2.70 bits per heavy atom. The number of aromatic amines is 1. The summed E-state index contributed by atoms with van der Waals surface area (Å²) < 4.78 is 11.3. The quantitative estimate of drug-likeness (QED) is 0.776. The van der Waals surface area contributed by atoms with Crippen molar-refractivity contribution in [2.45, 2.75) is 19.3 Å². The van der Waals surface area contributed by atoms with E-state index in [0.29, 0.717) is 26.3 Å². The van der Waals surface area contributed by atoms with Crippen LogP contribution in [0.15, 0.2) is 6.33 Å². The van der Waals surface area contributed by atoms with Gasteiger partial charge in [-0.05, 0) is 19.3 Å². The number of likely N-dealkylation sites (tertiary alicyclic amines) is 2. The Morgan fingerprint density at radius 2 is 1.96 bits per heavy atom. The van der Waals surface area contributed by atoms with E-state index in [9.17, 15) is 9.59 Å². The van der Waals surface area contributed by atoms with Crippen LogP contribution >= 0.6 is 0 Å². The first-order valence-corrected chi connectivity index (χ1v) is 9.70. The molecule has 0 bridgehead atoms. The van der Waals surface area contributed by atoms with Crippen LogP contribution in [-0.4, -0.2) is 89.4 Å². The maximum absolute atomic E-state index is 13.3. The predicted octanol–water partition coefficient (Wildman–Crippen LogP) is -0.0776. The Balaban J connectivity index is 1.27. The lowest BCUT2D eigenvalue weighted by Gasteiger charge is -2.55. The van der Waals surface area contributed by atoms with Crippen molar-refractivity contribution >= 4 is 11.8 Å². The fourth-order valence-electron chi connectivity index (χ4n) is 5.17. The van der Waals surface area contributed by atoms with Gasteiger partial charge in [0.1, 0.15) is 6.33 Å². The Hall–Kier alpha value is -2.00. The molecular weight excluding hydrogens is 350 g/mol. The van der Waals surface area contributed by atoms with Crippen molar-refractivity contribution in [1.82, 2.24) is 25.0 Å². The summed E-state index contributed by atoms with van der Waals surface area (Å²) in [5.74, 6) is 0.106. The Bertz CT molecular complexity index is 724. The van der Waals surface area contributed by atoms with Gasteiger partial charge in [-0.1, -0.05) is 0 Å². The zero-order valence-electron chi connectivity index (χ0n) is 15.4. The average Bonchev–Trinajstić information content (AvgIpc) is 3.42. The van der Waals surface area contributed by atoms with Gasteiger partial charge < -0.3 is 19.3 Å². The van der Waals surface area contributed by atoms with E-state index in [1.807, 2.05) is 4.90 Å². The molecule has 9 heteroatoms. The lowest BCUT2D eigenvalue weighted by atomic mass is 9.65. The number of H-pyrrole nitrogens is 1. The molecule has 5 heterocycles. The van der Waals surface area contributed by atoms with Gasteiger partial charge in [0.25, 0.3) is 5.91 Å². The first-order chi connectivity index (χ1) is 13.1. The highest BCUT2D eigenvalue weighted by atomic mass is 16.5. The zero-order chi connectivity index (χ0) is 18.5. The summed E-state index contributed by atoms with van der Waals surface area (Å²) in [5, 5.41) is 6.36. The van der Waals surface area contributed by atoms with Gasteiger partial charge in [-0.25, -0.2) is 4.98 Å². The number of carbonyl (C=O) groups is 2. The molecule has 2 atom stereocenters. The molecule has 4 aliphatic heterocycles. The Morgan fingerprint density at radius 1 is 1.11 bits per heavy atom. The van der Waals surface area contributed by atoms with E-state index < -0.39 is 0 Å². The number of rotatable bonds is 2. The van der Waals surface area contributed by atoms with E-state index in [0.717, 1.165) is 45.6 Å². The highest BCUT2D eigenvalue weighted by Gasteiger charge is 2.56. The van der Waals surface area contributed by atoms with Gasteiger partial charge in [0, 0.05) is 50.2 Å². The van der Waals surface area contributed by atoms with Crippen molar-refractivity contribution in [3.8, 4) is 0 Å². The summed E-state index contributed by atoms with van der Waals surface area (Å²) >= 11 is 0. The molecular formula is C18H25N5O4. The summed E-state index contributed by atoms with van der Waals surface area (Å²) in [5.41, 5.74) is -0.0147. The highest BCUT2D eigenvalue weighted by molar-refractivity contribution is 5.91. The topological polar surface area (TPSA) is 101 Å². The number of ether oxygens (including phenoxy) is 2. The Labute approximate surface area is 157 Å². The van der Waals surface area contributed by atoms with Crippen LogP contribution < -0.4 is 0 Å². The smallest absolute Gasteiger partial charge is 0.291 e. The number of hydrogen-bond donors (Lipinski definition) is 1. The van der Waals surface area contributed by atoms with Crippen LogP contribution in [-0.2, 0) is 14.3 Å². The number of aromatic nitrogens is 3. The van der Waals surface area contributed by atoms with Crippen LogP contribution in [0.2, 0.25) is 0 Å². The molecule has 0 saturated carbocycles. The molecule has 27 heavy (non-hydrogen) atoms. The molecule has 1 N–H and O–H groups in total. The number of carbonyl (C=O) groups excluding carboxylic acids is 2. The van der Waals surface area contributed by atoms with Gasteiger partial charge in [0.05, 0.1) is 19.1 Å². The number of nitrogens with one attached hydrogen (secondary N) is 1. The molecule has 1 aromatic rings. The largest absolute Gasteiger partial charge is 0.381 e. The zero-order valence-corrected chi connectivity index (χ0v) is 15.4. The Kier molecular flexibility index (Phi) is 3.98. The van der Waals surface area contributed by atoms with Crippen LogP contribution in [0.3, 0.4) is 0 Å². The molecule has 0 unspecified atom stereocenters. The van der Waals surface area contributed by atoms with Crippen molar-refractivity contribution in [1.29, 1.82) is 0 Å². The van der Waals surface area contributed by atoms with Crippen molar-refractivity contribution < 1.29 is 19.1 Å². The molecule has 1 aromatic heterocycles. The number of amides is 2. The van der Waals surface area contributed by atoms with Crippen LogP contribution in [0.25, 0.3) is 0 Å². The summed E-state index contributed by atoms with van der Waals surface area (Å²) in [7, 11) is 0. The fourth-order valence-corrected chi connectivity index (χ4v) is 5.17. The van der Waals surface area contributed by atoms with Crippen LogP contribution in [0.5, 0.6) is 0 Å². The van der Waals surface area contributed by atoms with E-state index >= 15 is 0 Å². The van der Waals surface area contributed by atoms with Gasteiger partial charge in [-0.15, -0.1) is 0 Å². The van der Waals surface area contributed by atoms with Crippen molar-refractivity contribution in [2.24, 2.45) is 16.7 Å². The lowest BCUT2D eigenvalue weighted by Crippen LogP contribution is -2.66. The lowest BCUT2D eigenvalue weighted by molar-refractivity contribution is -0.161. The maximum atomic E-state index is 13.3. The molecule has 5 rings (SSSR count). The van der Waals surface area contributed by atoms with E-state index in [1.165, 1.54) is 6.33 Å². The summed E-state index contributed by atoms with van der Waals surface area (Å²) in [6, 6.07) is 0. The third kappa shape index (κ3) is 2.75. The van der Waals surface area contributed by atoms with Crippen LogP contribution in [0.1, 0.15) is 29.9 Å². The monoisotopic (exact) mass is 375 g/mol. The molecule has 4 aliphatic rings. The maximum Gasteiger partial charge on any atom is 0.291 e. The van der Waals surface area contributed by atoms with Gasteiger partial charge >= 0.3 is 0 Å². The molecule has 0 aromatic carbocycles. The van der Waals surface area contributed by atoms with Crippen molar-refractivity contribution in [3.05, 3.63) is 12.2 Å². The molecule has 2 amide bonds. The minimum atomic E-state index is -0.178. The van der Waals surface area contributed by atoms with Crippen LogP contribution in [0, 0.1) is 16.7 Å². The highest BCUT2D eigenvalue weighted by Crippen LogP contribution is 2.46. The molecule has 0 aliphatic carbocycles. The summed E-state index contributed by atoms with van der Waals surface area (Å²) in [6.07, 6.45) is 4.21. The van der Waals surface area contributed by atoms with Crippen molar-refractivity contribution in [3.63, 3.8) is 0 Å².